The summed E-state index contributed by atoms with van der Waals surface area (Å²) in [6.07, 6.45) is 1.83. The van der Waals surface area contributed by atoms with Crippen molar-refractivity contribution in [2.75, 3.05) is 19.8 Å². The Morgan fingerprint density at radius 3 is 1.80 bits per heavy atom. The molecule has 0 spiro atoms. The summed E-state index contributed by atoms with van der Waals surface area (Å²) in [4.78, 5) is 13.5. The Morgan fingerprint density at radius 2 is 1.33 bits per heavy atom. The van der Waals surface area contributed by atoms with Crippen LogP contribution in [0.5, 0.6) is 0 Å². The summed E-state index contributed by atoms with van der Waals surface area (Å²) in [5, 5.41) is 2.49. The first-order valence-electron chi connectivity index (χ1n) is 16.6. The molecule has 1 heterocycles. The normalized spacial score (nSPS) is 21.0. The molecule has 1 fully saturated rings. The molecule has 3 atom stereocenters. The van der Waals surface area contributed by atoms with E-state index in [-0.39, 0.29) is 27.8 Å². The van der Waals surface area contributed by atoms with Crippen LogP contribution in [-0.2, 0) is 24.6 Å². The van der Waals surface area contributed by atoms with E-state index >= 15 is 0 Å². The third-order valence-electron chi connectivity index (χ3n) is 10.1. The Hall–Kier alpha value is -1.69. The van der Waals surface area contributed by atoms with Gasteiger partial charge in [0.1, 0.15) is 11.0 Å². The van der Waals surface area contributed by atoms with Crippen molar-refractivity contribution in [3.63, 3.8) is 0 Å². The molecule has 0 amide bonds. The number of Topliss-reactive ketones (excluding diaryl/α,β-unsaturated/α-hetero) is 1. The highest BCUT2D eigenvalue weighted by atomic mass is 32.2. The van der Waals surface area contributed by atoms with Crippen molar-refractivity contribution in [2.24, 2.45) is 5.92 Å². The van der Waals surface area contributed by atoms with Crippen molar-refractivity contribution in [2.45, 2.75) is 116 Å². The second-order valence-electron chi connectivity index (χ2n) is 16.4. The summed E-state index contributed by atoms with van der Waals surface area (Å²) in [5.41, 5.74) is 2.12. The second-order valence-corrected chi connectivity index (χ2v) is 27.7. The van der Waals surface area contributed by atoms with Crippen molar-refractivity contribution in [1.82, 2.24) is 4.31 Å². The van der Waals surface area contributed by atoms with Crippen molar-refractivity contribution < 1.29 is 17.9 Å². The predicted octanol–water partition coefficient (Wildman–Crippen LogP) is 7.40. The van der Waals surface area contributed by atoms with Crippen LogP contribution in [-0.4, -0.2) is 61.5 Å². The quantitative estimate of drug-likeness (QED) is 0.235. The van der Waals surface area contributed by atoms with Crippen LogP contribution in [0.1, 0.15) is 81.6 Å². The fourth-order valence-corrected chi connectivity index (χ4v) is 13.9. The summed E-state index contributed by atoms with van der Waals surface area (Å²) in [5.74, 6) is 0.359. The number of fused-ring (bicyclic) bond motifs is 1. The fraction of sp³-hybridized carbons (Fsp3) is 0.595. The molecule has 1 aliphatic carbocycles. The van der Waals surface area contributed by atoms with E-state index in [9.17, 15) is 9.00 Å². The molecule has 0 radical (unpaired) electrons. The number of benzene rings is 2. The van der Waals surface area contributed by atoms with E-state index in [2.05, 4.69) is 120 Å². The van der Waals surface area contributed by atoms with Crippen LogP contribution in [0.4, 0.5) is 0 Å². The summed E-state index contributed by atoms with van der Waals surface area (Å²) in [7, 11) is -5.87. The number of carbonyl (C=O) groups is 1. The van der Waals surface area contributed by atoms with Gasteiger partial charge in [0.2, 0.25) is 0 Å². The maximum Gasteiger partial charge on any atom is 0.261 e. The maximum atomic E-state index is 14.0. The molecule has 248 valence electrons. The lowest BCUT2D eigenvalue weighted by molar-refractivity contribution is -0.115. The van der Waals surface area contributed by atoms with Crippen LogP contribution in [0.3, 0.4) is 0 Å². The zero-order valence-electron chi connectivity index (χ0n) is 29.7. The number of carbonyl (C=O) groups excluding carboxylic acids is 1. The summed E-state index contributed by atoms with van der Waals surface area (Å²) in [6.45, 7) is 26.0. The highest BCUT2D eigenvalue weighted by Gasteiger charge is 2.52. The lowest BCUT2D eigenvalue weighted by Gasteiger charge is -2.43. The van der Waals surface area contributed by atoms with Gasteiger partial charge in [-0.25, -0.2) is 8.51 Å². The first kappa shape index (κ1) is 36.2. The van der Waals surface area contributed by atoms with Gasteiger partial charge in [-0.05, 0) is 78.3 Å². The monoisotopic (exact) mass is 667 g/mol. The fourth-order valence-electron chi connectivity index (χ4n) is 6.83. The standard InChI is InChI=1S/C37H57NO4SSi2/c1-35(2,3)43(40)38-27-28-26-33(39)31(22-24-41-44(10,11)36(4,5)6)34(28)32(38)23-25-42-45(37(7,8)9,29-18-14-12-15-19-29)30-20-16-13-17-21-30/h12-21,28,32H,22-27H2,1-11H3/t28-,32+,43+/m0/s1. The van der Waals surface area contributed by atoms with Gasteiger partial charge in [0.25, 0.3) is 8.32 Å². The molecule has 4 rings (SSSR count). The molecule has 0 unspecified atom stereocenters. The van der Waals surface area contributed by atoms with Crippen molar-refractivity contribution in [3.8, 4) is 0 Å². The van der Waals surface area contributed by atoms with Gasteiger partial charge in [0.05, 0.1) is 4.75 Å². The Balaban J connectivity index is 1.69. The number of nitrogens with zero attached hydrogens (tertiary/aromatic N) is 1. The zero-order valence-corrected chi connectivity index (χ0v) is 32.5. The van der Waals surface area contributed by atoms with Crippen molar-refractivity contribution in [3.05, 3.63) is 71.8 Å². The molecule has 2 aromatic carbocycles. The topological polar surface area (TPSA) is 55.8 Å². The Kier molecular flexibility index (Phi) is 10.8. The molecule has 1 aliphatic heterocycles. The summed E-state index contributed by atoms with van der Waals surface area (Å²) in [6, 6.07) is 21.3. The van der Waals surface area contributed by atoms with E-state index in [4.69, 9.17) is 8.85 Å². The minimum atomic E-state index is -2.72. The number of hydrogen-bond donors (Lipinski definition) is 0. The molecule has 2 aromatic rings. The van der Waals surface area contributed by atoms with E-state index in [0.29, 0.717) is 39.0 Å². The third-order valence-corrected chi connectivity index (χ3v) is 21.6. The smallest absolute Gasteiger partial charge is 0.261 e. The summed E-state index contributed by atoms with van der Waals surface area (Å²) >= 11 is 0. The highest BCUT2D eigenvalue weighted by Crippen LogP contribution is 2.45. The predicted molar refractivity (Wildman–Crippen MR) is 194 cm³/mol. The number of rotatable bonds is 11. The van der Waals surface area contributed by atoms with Crippen LogP contribution in [0.25, 0.3) is 0 Å². The molecule has 0 aromatic heterocycles. The summed E-state index contributed by atoms with van der Waals surface area (Å²) < 4.78 is 29.6. The van der Waals surface area contributed by atoms with E-state index in [1.54, 1.807) is 0 Å². The minimum Gasteiger partial charge on any atom is -0.416 e. The van der Waals surface area contributed by atoms with Crippen LogP contribution in [0, 0.1) is 5.92 Å². The van der Waals surface area contributed by atoms with Gasteiger partial charge in [-0.15, -0.1) is 0 Å². The highest BCUT2D eigenvalue weighted by molar-refractivity contribution is 7.84. The first-order chi connectivity index (χ1) is 20.8. The SMILES string of the molecule is CC(C)(C)[S@@](=O)N1C[C@@H]2CC(=O)C(CCO[Si](C)(C)C(C)(C)C)=C2[C@H]1CCO[Si](c1ccccc1)(c1ccccc1)C(C)(C)C. The van der Waals surface area contributed by atoms with Crippen LogP contribution < -0.4 is 10.4 Å². The third kappa shape index (κ3) is 7.41. The minimum absolute atomic E-state index is 0.0948. The number of ketones is 1. The lowest BCUT2D eigenvalue weighted by atomic mass is 9.96. The molecule has 5 nitrogen and oxygen atoms in total. The average molecular weight is 668 g/mol. The van der Waals surface area contributed by atoms with Gasteiger partial charge in [-0.3, -0.25) is 4.79 Å². The number of hydrogen-bond acceptors (Lipinski definition) is 4. The van der Waals surface area contributed by atoms with E-state index in [1.165, 1.54) is 15.9 Å². The molecule has 45 heavy (non-hydrogen) atoms. The molecule has 0 bridgehead atoms. The van der Waals surface area contributed by atoms with Crippen LogP contribution in [0.15, 0.2) is 71.8 Å². The molecule has 0 N–H and O–H groups in total. The van der Waals surface area contributed by atoms with Gasteiger partial charge in [0, 0.05) is 38.1 Å². The largest absolute Gasteiger partial charge is 0.416 e. The van der Waals surface area contributed by atoms with Gasteiger partial charge in [-0.2, -0.15) is 0 Å². The van der Waals surface area contributed by atoms with Gasteiger partial charge >= 0.3 is 0 Å². The molecule has 8 heteroatoms. The first-order valence-corrected chi connectivity index (χ1v) is 22.6. The van der Waals surface area contributed by atoms with Gasteiger partial charge in [-0.1, -0.05) is 102 Å². The molecular formula is C37H57NO4SSi2. The average Bonchev–Trinajstić information content (AvgIpc) is 3.44. The van der Waals surface area contributed by atoms with Gasteiger partial charge < -0.3 is 8.85 Å². The Labute approximate surface area is 278 Å². The van der Waals surface area contributed by atoms with Gasteiger partial charge in [0.15, 0.2) is 14.1 Å². The molecular weight excluding hydrogens is 611 g/mol. The molecule has 2 aliphatic rings. The zero-order chi connectivity index (χ0) is 33.4. The van der Waals surface area contributed by atoms with Crippen molar-refractivity contribution >= 4 is 43.8 Å². The lowest BCUT2D eigenvalue weighted by Crippen LogP contribution is -2.66. The van der Waals surface area contributed by atoms with Crippen molar-refractivity contribution in [1.29, 1.82) is 0 Å². The Morgan fingerprint density at radius 1 is 0.800 bits per heavy atom. The second kappa shape index (κ2) is 13.4. The van der Waals surface area contributed by atoms with Crippen LogP contribution >= 0.6 is 0 Å². The van der Waals surface area contributed by atoms with E-state index in [0.717, 1.165) is 5.57 Å². The Bertz CT molecular complexity index is 1350. The van der Waals surface area contributed by atoms with E-state index in [1.807, 2.05) is 20.8 Å². The maximum absolute atomic E-state index is 14.0. The van der Waals surface area contributed by atoms with Crippen LogP contribution in [0.2, 0.25) is 23.2 Å². The molecule has 1 saturated heterocycles. The molecule has 0 saturated carbocycles. The van der Waals surface area contributed by atoms with E-state index < -0.39 is 32.4 Å².